The summed E-state index contributed by atoms with van der Waals surface area (Å²) in [6, 6.07) is 9.63. The summed E-state index contributed by atoms with van der Waals surface area (Å²) in [7, 11) is 0. The second-order valence-corrected chi connectivity index (χ2v) is 4.94. The summed E-state index contributed by atoms with van der Waals surface area (Å²) >= 11 is 3.06. The van der Waals surface area contributed by atoms with Gasteiger partial charge in [-0.25, -0.2) is 4.39 Å². The number of aryl methyl sites for hydroxylation is 1. The Morgan fingerprint density at radius 1 is 1.32 bits per heavy atom. The van der Waals surface area contributed by atoms with Crippen molar-refractivity contribution in [3.63, 3.8) is 0 Å². The number of benzene rings is 2. The maximum atomic E-state index is 13.4. The average Bonchev–Trinajstić information content (AvgIpc) is 2.37. The van der Waals surface area contributed by atoms with Crippen LogP contribution in [0.3, 0.4) is 0 Å². The van der Waals surface area contributed by atoms with E-state index in [-0.39, 0.29) is 10.0 Å². The lowest BCUT2D eigenvalue weighted by Gasteiger charge is -2.10. The number of hydrogen-bond acceptors (Lipinski definition) is 2. The van der Waals surface area contributed by atoms with Crippen LogP contribution < -0.4 is 11.1 Å². The molecule has 0 unspecified atom stereocenters. The number of carbonyl (C=O) groups excluding carboxylic acids is 1. The third-order valence-electron chi connectivity index (χ3n) is 2.65. The molecule has 98 valence electrons. The molecule has 0 saturated heterocycles. The molecular formula is C14H12BrFN2O. The number of nitrogen functional groups attached to an aromatic ring is 1. The minimum absolute atomic E-state index is 0.138. The van der Waals surface area contributed by atoms with Crippen LogP contribution in [-0.2, 0) is 0 Å². The van der Waals surface area contributed by atoms with E-state index in [9.17, 15) is 9.18 Å². The van der Waals surface area contributed by atoms with Crippen molar-refractivity contribution in [3.05, 3.63) is 57.8 Å². The summed E-state index contributed by atoms with van der Waals surface area (Å²) in [5.74, 6) is -0.895. The molecule has 0 heterocycles. The van der Waals surface area contributed by atoms with Gasteiger partial charge in [0.2, 0.25) is 0 Å². The second kappa shape index (κ2) is 5.40. The van der Waals surface area contributed by atoms with Crippen LogP contribution in [0.25, 0.3) is 0 Å². The van der Waals surface area contributed by atoms with E-state index >= 15 is 0 Å². The van der Waals surface area contributed by atoms with Gasteiger partial charge >= 0.3 is 0 Å². The first-order valence-corrected chi connectivity index (χ1v) is 6.40. The molecule has 0 aliphatic carbocycles. The highest BCUT2D eigenvalue weighted by Crippen LogP contribution is 2.24. The van der Waals surface area contributed by atoms with Gasteiger partial charge in [-0.2, -0.15) is 0 Å². The third kappa shape index (κ3) is 2.93. The summed E-state index contributed by atoms with van der Waals surface area (Å²) in [6.07, 6.45) is 0. The van der Waals surface area contributed by atoms with E-state index in [1.165, 1.54) is 18.2 Å². The predicted octanol–water partition coefficient (Wildman–Crippen LogP) is 3.73. The lowest BCUT2D eigenvalue weighted by molar-refractivity contribution is 0.102. The fourth-order valence-electron chi connectivity index (χ4n) is 1.65. The molecule has 3 nitrogen and oxygen atoms in total. The number of amides is 1. The van der Waals surface area contributed by atoms with Crippen molar-refractivity contribution in [1.29, 1.82) is 0 Å². The highest BCUT2D eigenvalue weighted by Gasteiger charge is 2.14. The van der Waals surface area contributed by atoms with Crippen molar-refractivity contribution < 1.29 is 9.18 Å². The Kier molecular flexibility index (Phi) is 3.85. The predicted molar refractivity (Wildman–Crippen MR) is 77.6 cm³/mol. The monoisotopic (exact) mass is 322 g/mol. The fraction of sp³-hybridized carbons (Fsp3) is 0.0714. The molecule has 5 heteroatoms. The lowest BCUT2D eigenvalue weighted by atomic mass is 10.1. The van der Waals surface area contributed by atoms with Gasteiger partial charge in [-0.05, 0) is 52.7 Å². The van der Waals surface area contributed by atoms with Gasteiger partial charge in [0, 0.05) is 0 Å². The molecule has 0 atom stereocenters. The average molecular weight is 323 g/mol. The maximum Gasteiger partial charge on any atom is 0.256 e. The number of anilines is 2. The van der Waals surface area contributed by atoms with Gasteiger partial charge in [-0.1, -0.05) is 12.1 Å². The standard InChI is InChI=1S/C14H12BrFN2O/c1-8-5-6-11(17)12(7-8)18-14(19)9-3-2-4-10(16)13(9)15/h2-7H,17H2,1H3,(H,18,19). The molecule has 2 aromatic rings. The second-order valence-electron chi connectivity index (χ2n) is 4.15. The summed E-state index contributed by atoms with van der Waals surface area (Å²) in [5, 5.41) is 2.67. The zero-order chi connectivity index (χ0) is 14.0. The normalized spacial score (nSPS) is 10.3. The van der Waals surface area contributed by atoms with E-state index in [4.69, 9.17) is 5.73 Å². The van der Waals surface area contributed by atoms with E-state index in [0.717, 1.165) is 5.56 Å². The van der Waals surface area contributed by atoms with Gasteiger partial charge in [-0.3, -0.25) is 4.79 Å². The van der Waals surface area contributed by atoms with E-state index in [1.807, 2.05) is 13.0 Å². The van der Waals surface area contributed by atoms with Crippen molar-refractivity contribution in [2.24, 2.45) is 0 Å². The van der Waals surface area contributed by atoms with Crippen molar-refractivity contribution in [2.75, 3.05) is 11.1 Å². The molecule has 0 aliphatic rings. The molecule has 0 saturated carbocycles. The number of hydrogen-bond donors (Lipinski definition) is 2. The molecule has 1 amide bonds. The summed E-state index contributed by atoms with van der Waals surface area (Å²) in [4.78, 5) is 12.1. The highest BCUT2D eigenvalue weighted by atomic mass is 79.9. The largest absolute Gasteiger partial charge is 0.397 e. The summed E-state index contributed by atoms with van der Waals surface area (Å²) < 4.78 is 13.5. The molecule has 0 aliphatic heterocycles. The topological polar surface area (TPSA) is 55.1 Å². The van der Waals surface area contributed by atoms with Gasteiger partial charge in [0.05, 0.1) is 21.4 Å². The number of rotatable bonds is 2. The first kappa shape index (κ1) is 13.5. The molecule has 0 aromatic heterocycles. The van der Waals surface area contributed by atoms with Crippen LogP contribution in [0.4, 0.5) is 15.8 Å². The minimum atomic E-state index is -0.482. The molecule has 0 spiro atoms. The smallest absolute Gasteiger partial charge is 0.256 e. The molecule has 2 rings (SSSR count). The van der Waals surface area contributed by atoms with Crippen LogP contribution in [0.15, 0.2) is 40.9 Å². The van der Waals surface area contributed by atoms with Crippen LogP contribution >= 0.6 is 15.9 Å². The van der Waals surface area contributed by atoms with Crippen LogP contribution in [0, 0.1) is 12.7 Å². The molecule has 0 fully saturated rings. The molecule has 3 N–H and O–H groups in total. The van der Waals surface area contributed by atoms with Gasteiger partial charge in [0.25, 0.3) is 5.91 Å². The van der Waals surface area contributed by atoms with Crippen molar-refractivity contribution in [1.82, 2.24) is 0 Å². The zero-order valence-corrected chi connectivity index (χ0v) is 11.8. The quantitative estimate of drug-likeness (QED) is 0.828. The van der Waals surface area contributed by atoms with Gasteiger partial charge in [0.15, 0.2) is 0 Å². The zero-order valence-electron chi connectivity index (χ0n) is 10.2. The van der Waals surface area contributed by atoms with E-state index in [2.05, 4.69) is 21.2 Å². The maximum absolute atomic E-state index is 13.4. The van der Waals surface area contributed by atoms with E-state index in [1.54, 1.807) is 12.1 Å². The molecule has 19 heavy (non-hydrogen) atoms. The first-order valence-electron chi connectivity index (χ1n) is 5.60. The first-order chi connectivity index (χ1) is 8.99. The number of nitrogens with two attached hydrogens (primary N) is 1. The van der Waals surface area contributed by atoms with Crippen LogP contribution in [-0.4, -0.2) is 5.91 Å². The Labute approximate surface area is 118 Å². The summed E-state index contributed by atoms with van der Waals surface area (Å²) in [6.45, 7) is 1.90. The van der Waals surface area contributed by atoms with Gasteiger partial charge in [0.1, 0.15) is 5.82 Å². The van der Waals surface area contributed by atoms with Gasteiger partial charge in [-0.15, -0.1) is 0 Å². The molecule has 0 radical (unpaired) electrons. The van der Waals surface area contributed by atoms with Crippen LogP contribution in [0.5, 0.6) is 0 Å². The van der Waals surface area contributed by atoms with Gasteiger partial charge < -0.3 is 11.1 Å². The Balaban J connectivity index is 2.31. The van der Waals surface area contributed by atoms with Crippen molar-refractivity contribution in [3.8, 4) is 0 Å². The number of nitrogens with one attached hydrogen (secondary N) is 1. The third-order valence-corrected chi connectivity index (χ3v) is 3.46. The Morgan fingerprint density at radius 2 is 2.05 bits per heavy atom. The number of halogens is 2. The summed E-state index contributed by atoms with van der Waals surface area (Å²) in [5.41, 5.74) is 7.96. The lowest BCUT2D eigenvalue weighted by Crippen LogP contribution is -2.14. The van der Waals surface area contributed by atoms with Crippen LogP contribution in [0.2, 0.25) is 0 Å². The molecular weight excluding hydrogens is 311 g/mol. The Morgan fingerprint density at radius 3 is 2.79 bits per heavy atom. The van der Waals surface area contributed by atoms with Crippen LogP contribution in [0.1, 0.15) is 15.9 Å². The Bertz CT molecular complexity index is 643. The SMILES string of the molecule is Cc1ccc(N)c(NC(=O)c2cccc(F)c2Br)c1. The highest BCUT2D eigenvalue weighted by molar-refractivity contribution is 9.10. The molecule has 2 aromatic carbocycles. The minimum Gasteiger partial charge on any atom is -0.397 e. The van der Waals surface area contributed by atoms with E-state index < -0.39 is 11.7 Å². The Hall–Kier alpha value is -1.88. The van der Waals surface area contributed by atoms with E-state index in [0.29, 0.717) is 11.4 Å². The van der Waals surface area contributed by atoms with Crippen molar-refractivity contribution >= 4 is 33.2 Å². The number of carbonyl (C=O) groups is 1. The fourth-order valence-corrected chi connectivity index (χ4v) is 2.09. The van der Waals surface area contributed by atoms with Crippen molar-refractivity contribution in [2.45, 2.75) is 6.92 Å². The molecule has 0 bridgehead atoms.